The zero-order valence-electron chi connectivity index (χ0n) is 35.6. The molecule has 10 aromatic carbocycles. The van der Waals surface area contributed by atoms with Crippen molar-refractivity contribution >= 4 is 78.0 Å². The minimum atomic E-state index is -0.634. The second-order valence-electron chi connectivity index (χ2n) is 17.1. The Morgan fingerprint density at radius 3 is 1.47 bits per heavy atom. The zero-order valence-corrected chi connectivity index (χ0v) is 35.6. The van der Waals surface area contributed by atoms with Crippen molar-refractivity contribution < 1.29 is 13.6 Å². The molecule has 0 saturated carbocycles. The van der Waals surface area contributed by atoms with Gasteiger partial charge in [0.25, 0.3) is 0 Å². The van der Waals surface area contributed by atoms with Gasteiger partial charge in [-0.1, -0.05) is 133 Å². The van der Waals surface area contributed by atoms with Gasteiger partial charge in [0.2, 0.25) is 0 Å². The van der Waals surface area contributed by atoms with Gasteiger partial charge in [-0.3, -0.25) is 0 Å². The fraction of sp³-hybridized carbons (Fsp3) is 0.0164. The first-order chi connectivity index (χ1) is 32.7. The Morgan fingerprint density at radius 2 is 0.788 bits per heavy atom. The number of hydrogen-bond donors (Lipinski definition) is 0. The van der Waals surface area contributed by atoms with E-state index in [1.807, 2.05) is 12.1 Å². The third-order valence-electron chi connectivity index (χ3n) is 13.7. The molecule has 0 unspecified atom stereocenters. The van der Waals surface area contributed by atoms with Crippen LogP contribution in [0.15, 0.2) is 239 Å². The minimum Gasteiger partial charge on any atom is -0.457 e. The summed E-state index contributed by atoms with van der Waals surface area (Å²) in [6.07, 6.45) is 0. The zero-order chi connectivity index (χ0) is 43.3. The maximum absolute atomic E-state index is 6.91. The summed E-state index contributed by atoms with van der Waals surface area (Å²) in [5, 5.41) is 4.13. The van der Waals surface area contributed by atoms with Crippen LogP contribution in [0.3, 0.4) is 0 Å². The lowest BCUT2D eigenvalue weighted by Crippen LogP contribution is -2.32. The minimum absolute atomic E-state index is 0.634. The van der Waals surface area contributed by atoms with Crippen LogP contribution >= 0.6 is 0 Å². The Labute approximate surface area is 380 Å². The van der Waals surface area contributed by atoms with E-state index in [4.69, 9.17) is 13.6 Å². The number of para-hydroxylation sites is 4. The third kappa shape index (κ3) is 5.16. The lowest BCUT2D eigenvalue weighted by Gasteiger charge is -2.40. The molecule has 5 nitrogen and oxygen atoms in total. The first-order valence-electron chi connectivity index (χ1n) is 22.4. The summed E-state index contributed by atoms with van der Waals surface area (Å²) >= 11 is 0. The van der Waals surface area contributed by atoms with Crippen molar-refractivity contribution in [3.05, 3.63) is 253 Å². The van der Waals surface area contributed by atoms with Crippen LogP contribution in [-0.2, 0) is 5.41 Å². The molecule has 2 aliphatic rings. The smallest absolute Gasteiger partial charge is 0.137 e. The Hall–Kier alpha value is -8.80. The molecule has 12 aromatic rings. The maximum atomic E-state index is 6.91. The molecule has 0 N–H and O–H groups in total. The predicted octanol–water partition coefficient (Wildman–Crippen LogP) is 16.9. The molecule has 1 spiro atoms. The van der Waals surface area contributed by atoms with E-state index in [1.54, 1.807) is 0 Å². The van der Waals surface area contributed by atoms with Crippen molar-refractivity contribution in [2.75, 3.05) is 9.80 Å². The molecule has 0 fully saturated rings. The maximum Gasteiger partial charge on any atom is 0.137 e. The van der Waals surface area contributed by atoms with Gasteiger partial charge in [0.1, 0.15) is 33.8 Å². The van der Waals surface area contributed by atoms with Crippen LogP contribution in [0.4, 0.5) is 34.1 Å². The standard InChI is InChI=1S/C61H38N2O3/c1-3-17-39(18-4-1)62(40-19-5-2-6-20-40)52-28-16-32-58-60(52)46-37-41(33-35-54(46)65-58)63(51-27-15-31-57-59(51)45-23-9-13-29-53(45)64-57)42-34-36-56-50(38-42)61(49-26-12-14-30-55(49)66-56)47-24-10-7-21-43(47)44-22-8-11-25-48(44)61/h1-38H. The Kier molecular flexibility index (Phi) is 7.83. The molecule has 2 aromatic heterocycles. The van der Waals surface area contributed by atoms with E-state index in [0.717, 1.165) is 101 Å². The Morgan fingerprint density at radius 1 is 0.303 bits per heavy atom. The number of furan rings is 2. The molecule has 0 radical (unpaired) electrons. The lowest BCUT2D eigenvalue weighted by molar-refractivity contribution is 0.436. The molecule has 0 bridgehead atoms. The largest absolute Gasteiger partial charge is 0.457 e. The van der Waals surface area contributed by atoms with E-state index in [-0.39, 0.29) is 0 Å². The molecule has 1 aliphatic heterocycles. The van der Waals surface area contributed by atoms with Gasteiger partial charge in [-0.25, -0.2) is 0 Å². The Balaban J connectivity index is 1.05. The van der Waals surface area contributed by atoms with Crippen LogP contribution in [0.1, 0.15) is 22.3 Å². The van der Waals surface area contributed by atoms with Crippen molar-refractivity contribution in [3.8, 4) is 22.6 Å². The summed E-state index contributed by atoms with van der Waals surface area (Å²) in [4.78, 5) is 4.71. The van der Waals surface area contributed by atoms with Gasteiger partial charge in [0.05, 0.1) is 27.6 Å². The SMILES string of the molecule is c1ccc(N(c2ccccc2)c2cccc3oc4ccc(N(c5ccc6c(c5)C5(c7ccccc7O6)c6ccccc6-c6ccccc65)c5cccc6oc7ccccc7c56)cc4c23)cc1. The topological polar surface area (TPSA) is 42.0 Å². The normalized spacial score (nSPS) is 13.1. The number of nitrogens with zero attached hydrogens (tertiary/aromatic N) is 2. The first-order valence-corrected chi connectivity index (χ1v) is 22.4. The first kappa shape index (κ1) is 36.7. The van der Waals surface area contributed by atoms with E-state index in [2.05, 4.69) is 228 Å². The molecule has 0 atom stereocenters. The number of hydrogen-bond acceptors (Lipinski definition) is 5. The molecule has 0 amide bonds. The molecule has 3 heterocycles. The van der Waals surface area contributed by atoms with E-state index in [0.29, 0.717) is 0 Å². The van der Waals surface area contributed by atoms with Crippen LogP contribution in [-0.4, -0.2) is 0 Å². The van der Waals surface area contributed by atoms with Gasteiger partial charge in [0.15, 0.2) is 0 Å². The fourth-order valence-electron chi connectivity index (χ4n) is 11.1. The van der Waals surface area contributed by atoms with Crippen LogP contribution in [0.2, 0.25) is 0 Å². The number of anilines is 6. The monoisotopic (exact) mass is 846 g/mol. The van der Waals surface area contributed by atoms with Crippen molar-refractivity contribution in [2.24, 2.45) is 0 Å². The summed E-state index contributed by atoms with van der Waals surface area (Å²) in [6, 6.07) is 81.7. The van der Waals surface area contributed by atoms with Gasteiger partial charge in [0, 0.05) is 44.6 Å². The van der Waals surface area contributed by atoms with Crippen LogP contribution in [0.5, 0.6) is 11.5 Å². The van der Waals surface area contributed by atoms with E-state index in [9.17, 15) is 0 Å². The van der Waals surface area contributed by atoms with Crippen molar-refractivity contribution in [3.63, 3.8) is 0 Å². The highest BCUT2D eigenvalue weighted by atomic mass is 16.5. The molecular weight excluding hydrogens is 809 g/mol. The van der Waals surface area contributed by atoms with Gasteiger partial charge in [-0.05, 0) is 119 Å². The van der Waals surface area contributed by atoms with Crippen molar-refractivity contribution in [1.82, 2.24) is 0 Å². The second kappa shape index (κ2) is 14.1. The second-order valence-corrected chi connectivity index (χ2v) is 17.1. The lowest BCUT2D eigenvalue weighted by atomic mass is 9.66. The van der Waals surface area contributed by atoms with Crippen LogP contribution < -0.4 is 14.5 Å². The number of ether oxygens (including phenoxy) is 1. The molecular formula is C61H38N2O3. The van der Waals surface area contributed by atoms with E-state index < -0.39 is 5.41 Å². The summed E-state index contributed by atoms with van der Waals surface area (Å²) in [6.45, 7) is 0. The number of benzene rings is 10. The van der Waals surface area contributed by atoms with Gasteiger partial charge >= 0.3 is 0 Å². The highest BCUT2D eigenvalue weighted by Gasteiger charge is 2.51. The average molecular weight is 847 g/mol. The Bertz CT molecular complexity index is 3800. The molecule has 14 rings (SSSR count). The summed E-state index contributed by atoms with van der Waals surface area (Å²) < 4.78 is 20.2. The number of rotatable bonds is 6. The number of fused-ring (bicyclic) bond motifs is 15. The van der Waals surface area contributed by atoms with E-state index >= 15 is 0 Å². The quantitative estimate of drug-likeness (QED) is 0.167. The molecule has 1 aliphatic carbocycles. The van der Waals surface area contributed by atoms with Crippen molar-refractivity contribution in [1.29, 1.82) is 0 Å². The van der Waals surface area contributed by atoms with E-state index in [1.165, 1.54) is 22.3 Å². The van der Waals surface area contributed by atoms with Gasteiger partial charge in [-0.2, -0.15) is 0 Å². The summed E-state index contributed by atoms with van der Waals surface area (Å²) in [7, 11) is 0. The summed E-state index contributed by atoms with van der Waals surface area (Å²) in [5.41, 5.74) is 15.9. The molecule has 0 saturated heterocycles. The third-order valence-corrected chi connectivity index (χ3v) is 13.7. The van der Waals surface area contributed by atoms with Crippen molar-refractivity contribution in [2.45, 2.75) is 5.41 Å². The van der Waals surface area contributed by atoms with Crippen LogP contribution in [0.25, 0.3) is 55.0 Å². The molecule has 66 heavy (non-hydrogen) atoms. The average Bonchev–Trinajstić information content (AvgIpc) is 4.04. The predicted molar refractivity (Wildman–Crippen MR) is 268 cm³/mol. The fourth-order valence-corrected chi connectivity index (χ4v) is 11.1. The summed E-state index contributed by atoms with van der Waals surface area (Å²) in [5.74, 6) is 1.70. The molecule has 310 valence electrons. The molecule has 5 heteroatoms. The highest BCUT2D eigenvalue weighted by molar-refractivity contribution is 6.16. The van der Waals surface area contributed by atoms with Crippen LogP contribution in [0, 0.1) is 0 Å². The highest BCUT2D eigenvalue weighted by Crippen LogP contribution is 2.63. The van der Waals surface area contributed by atoms with Gasteiger partial charge < -0.3 is 23.4 Å². The van der Waals surface area contributed by atoms with Gasteiger partial charge in [-0.15, -0.1) is 0 Å².